The Kier molecular flexibility index (Phi) is 5.11. The highest BCUT2D eigenvalue weighted by atomic mass is 16.5. The molecule has 1 atom stereocenters. The van der Waals surface area contributed by atoms with Crippen LogP contribution in [0.25, 0.3) is 0 Å². The van der Waals surface area contributed by atoms with Gasteiger partial charge in [-0.15, -0.1) is 0 Å². The van der Waals surface area contributed by atoms with Crippen LogP contribution >= 0.6 is 0 Å². The van der Waals surface area contributed by atoms with E-state index in [-0.39, 0.29) is 6.10 Å². The van der Waals surface area contributed by atoms with Gasteiger partial charge in [0.1, 0.15) is 6.10 Å². The number of aromatic nitrogens is 2. The molecule has 4 heteroatoms. The molecule has 1 aliphatic rings. The summed E-state index contributed by atoms with van der Waals surface area (Å²) >= 11 is 0. The molecule has 0 radical (unpaired) electrons. The van der Waals surface area contributed by atoms with Gasteiger partial charge in [0, 0.05) is 24.5 Å². The maximum atomic E-state index is 5.59. The number of hydrogen-bond donors (Lipinski definition) is 1. The van der Waals surface area contributed by atoms with Gasteiger partial charge in [-0.1, -0.05) is 13.8 Å². The molecule has 4 nitrogen and oxygen atoms in total. The van der Waals surface area contributed by atoms with Crippen LogP contribution in [0.3, 0.4) is 0 Å². The van der Waals surface area contributed by atoms with Crippen LogP contribution in [0.15, 0.2) is 0 Å². The standard InChI is InChI=1S/C16H27N3O/c1-10(2)17-9-8-14-11(3)18-16(19-12(14)4)15(20-5)13-6-7-13/h10,13,15,17H,6-9H2,1-5H3. The maximum absolute atomic E-state index is 5.59. The van der Waals surface area contributed by atoms with E-state index in [0.717, 1.165) is 30.2 Å². The monoisotopic (exact) mass is 277 g/mol. The highest BCUT2D eigenvalue weighted by molar-refractivity contribution is 5.25. The minimum Gasteiger partial charge on any atom is -0.373 e. The summed E-state index contributed by atoms with van der Waals surface area (Å²) in [5.74, 6) is 1.48. The summed E-state index contributed by atoms with van der Waals surface area (Å²) in [6, 6.07) is 0.517. The Morgan fingerprint density at radius 3 is 2.25 bits per heavy atom. The van der Waals surface area contributed by atoms with E-state index in [9.17, 15) is 0 Å². The van der Waals surface area contributed by atoms with Crippen LogP contribution in [-0.4, -0.2) is 29.7 Å². The average Bonchev–Trinajstić information content (AvgIpc) is 3.18. The van der Waals surface area contributed by atoms with Crippen molar-refractivity contribution in [2.75, 3.05) is 13.7 Å². The van der Waals surface area contributed by atoms with Crippen LogP contribution in [0.2, 0.25) is 0 Å². The number of rotatable bonds is 7. The van der Waals surface area contributed by atoms with Gasteiger partial charge in [-0.05, 0) is 51.1 Å². The Bertz CT molecular complexity index is 432. The second-order valence-corrected chi connectivity index (χ2v) is 6.08. The smallest absolute Gasteiger partial charge is 0.157 e. The predicted molar refractivity (Wildman–Crippen MR) is 80.8 cm³/mol. The van der Waals surface area contributed by atoms with Gasteiger partial charge in [-0.3, -0.25) is 0 Å². The molecule has 0 aromatic carbocycles. The number of aryl methyl sites for hydroxylation is 2. The van der Waals surface area contributed by atoms with Crippen molar-refractivity contribution < 1.29 is 4.74 Å². The van der Waals surface area contributed by atoms with Crippen molar-refractivity contribution in [3.63, 3.8) is 0 Å². The van der Waals surface area contributed by atoms with Crippen LogP contribution in [0.4, 0.5) is 0 Å². The Labute approximate surface area is 122 Å². The molecule has 112 valence electrons. The van der Waals surface area contributed by atoms with Crippen LogP contribution in [-0.2, 0) is 11.2 Å². The molecule has 0 saturated heterocycles. The molecule has 1 saturated carbocycles. The molecule has 0 bridgehead atoms. The van der Waals surface area contributed by atoms with Gasteiger partial charge in [0.2, 0.25) is 0 Å². The van der Waals surface area contributed by atoms with E-state index < -0.39 is 0 Å². The number of methoxy groups -OCH3 is 1. The zero-order valence-electron chi connectivity index (χ0n) is 13.4. The molecule has 2 rings (SSSR count). The second kappa shape index (κ2) is 6.64. The summed E-state index contributed by atoms with van der Waals surface area (Å²) in [6.45, 7) is 9.47. The first kappa shape index (κ1) is 15.4. The molecule has 0 amide bonds. The molecule has 1 aliphatic carbocycles. The van der Waals surface area contributed by atoms with Crippen molar-refractivity contribution in [3.8, 4) is 0 Å². The van der Waals surface area contributed by atoms with Gasteiger partial charge in [0.05, 0.1) is 0 Å². The zero-order chi connectivity index (χ0) is 14.7. The molecule has 0 spiro atoms. The fourth-order valence-electron chi connectivity index (χ4n) is 2.65. The minimum absolute atomic E-state index is 0.0789. The number of nitrogens with zero attached hydrogens (tertiary/aromatic N) is 2. The second-order valence-electron chi connectivity index (χ2n) is 6.08. The fourth-order valence-corrected chi connectivity index (χ4v) is 2.65. The van der Waals surface area contributed by atoms with Gasteiger partial charge in [0.15, 0.2) is 5.82 Å². The minimum atomic E-state index is 0.0789. The molecule has 1 aromatic rings. The van der Waals surface area contributed by atoms with Crippen molar-refractivity contribution in [3.05, 3.63) is 22.8 Å². The van der Waals surface area contributed by atoms with Gasteiger partial charge >= 0.3 is 0 Å². The van der Waals surface area contributed by atoms with Crippen molar-refractivity contribution >= 4 is 0 Å². The first-order chi connectivity index (χ1) is 9.52. The summed E-state index contributed by atoms with van der Waals surface area (Å²) in [5, 5.41) is 3.44. The SMILES string of the molecule is COC(c1nc(C)c(CCNC(C)C)c(C)n1)C1CC1. The molecule has 0 aliphatic heterocycles. The zero-order valence-corrected chi connectivity index (χ0v) is 13.4. The summed E-state index contributed by atoms with van der Waals surface area (Å²) in [7, 11) is 1.76. The van der Waals surface area contributed by atoms with E-state index in [0.29, 0.717) is 12.0 Å². The normalized spacial score (nSPS) is 16.7. The third kappa shape index (κ3) is 3.76. The highest BCUT2D eigenvalue weighted by Gasteiger charge is 2.34. The first-order valence-electron chi connectivity index (χ1n) is 7.63. The number of ether oxygens (including phenoxy) is 1. The number of nitrogens with one attached hydrogen (secondary N) is 1. The summed E-state index contributed by atoms with van der Waals surface area (Å²) in [6.07, 6.45) is 3.53. The molecule has 20 heavy (non-hydrogen) atoms. The Balaban J connectivity index is 2.11. The largest absolute Gasteiger partial charge is 0.373 e. The van der Waals surface area contributed by atoms with Crippen LogP contribution in [0.5, 0.6) is 0 Å². The summed E-state index contributed by atoms with van der Waals surface area (Å²) in [4.78, 5) is 9.40. The van der Waals surface area contributed by atoms with Crippen molar-refractivity contribution in [1.82, 2.24) is 15.3 Å². The van der Waals surface area contributed by atoms with Crippen molar-refractivity contribution in [2.45, 2.75) is 59.1 Å². The lowest BCUT2D eigenvalue weighted by Gasteiger charge is -2.17. The van der Waals surface area contributed by atoms with Crippen molar-refractivity contribution in [1.29, 1.82) is 0 Å². The third-order valence-electron chi connectivity index (χ3n) is 3.92. The lowest BCUT2D eigenvalue weighted by Crippen LogP contribution is -2.25. The lowest BCUT2D eigenvalue weighted by molar-refractivity contribution is 0.0768. The maximum Gasteiger partial charge on any atom is 0.157 e. The van der Waals surface area contributed by atoms with Crippen LogP contribution in [0.1, 0.15) is 55.6 Å². The molecule has 1 heterocycles. The lowest BCUT2D eigenvalue weighted by atomic mass is 10.1. The average molecular weight is 277 g/mol. The van der Waals surface area contributed by atoms with E-state index in [1.165, 1.54) is 18.4 Å². The van der Waals surface area contributed by atoms with E-state index in [2.05, 4.69) is 33.0 Å². The van der Waals surface area contributed by atoms with E-state index in [1.54, 1.807) is 7.11 Å². The summed E-state index contributed by atoms with van der Waals surface area (Å²) < 4.78 is 5.59. The first-order valence-corrected chi connectivity index (χ1v) is 7.63. The predicted octanol–water partition coefficient (Wildman–Crippen LogP) is 2.73. The highest BCUT2D eigenvalue weighted by Crippen LogP contribution is 2.42. The molecular weight excluding hydrogens is 250 g/mol. The molecule has 1 N–H and O–H groups in total. The quantitative estimate of drug-likeness (QED) is 0.832. The van der Waals surface area contributed by atoms with Gasteiger partial charge in [-0.25, -0.2) is 9.97 Å². The Morgan fingerprint density at radius 1 is 1.20 bits per heavy atom. The van der Waals surface area contributed by atoms with Gasteiger partial charge in [0.25, 0.3) is 0 Å². The molecule has 1 aromatic heterocycles. The van der Waals surface area contributed by atoms with E-state index in [1.807, 2.05) is 0 Å². The topological polar surface area (TPSA) is 47.0 Å². The van der Waals surface area contributed by atoms with Crippen LogP contribution in [0, 0.1) is 19.8 Å². The third-order valence-corrected chi connectivity index (χ3v) is 3.92. The molecular formula is C16H27N3O. The summed E-state index contributed by atoms with van der Waals surface area (Å²) in [5.41, 5.74) is 3.47. The van der Waals surface area contributed by atoms with E-state index in [4.69, 9.17) is 14.7 Å². The molecule has 1 unspecified atom stereocenters. The van der Waals surface area contributed by atoms with Gasteiger partial charge < -0.3 is 10.1 Å². The van der Waals surface area contributed by atoms with Crippen molar-refractivity contribution in [2.24, 2.45) is 5.92 Å². The van der Waals surface area contributed by atoms with Crippen LogP contribution < -0.4 is 5.32 Å². The Hall–Kier alpha value is -1.00. The fraction of sp³-hybridized carbons (Fsp3) is 0.750. The van der Waals surface area contributed by atoms with E-state index >= 15 is 0 Å². The number of hydrogen-bond acceptors (Lipinski definition) is 4. The van der Waals surface area contributed by atoms with Gasteiger partial charge in [-0.2, -0.15) is 0 Å². The molecule has 1 fully saturated rings. The Morgan fingerprint density at radius 2 is 1.80 bits per heavy atom.